The fourth-order valence-electron chi connectivity index (χ4n) is 6.18. The Bertz CT molecular complexity index is 967. The van der Waals surface area contributed by atoms with Crippen molar-refractivity contribution in [2.24, 2.45) is 17.8 Å². The minimum absolute atomic E-state index is 0.0755. The number of rotatable bonds is 11. The summed E-state index contributed by atoms with van der Waals surface area (Å²) in [6.45, 7) is 8.57. The van der Waals surface area contributed by atoms with E-state index in [0.717, 1.165) is 12.8 Å². The minimum atomic E-state index is -1.07. The van der Waals surface area contributed by atoms with Crippen LogP contribution in [0, 0.1) is 17.8 Å². The van der Waals surface area contributed by atoms with Gasteiger partial charge in [0.15, 0.2) is 0 Å². The highest BCUT2D eigenvalue weighted by Crippen LogP contribution is 2.59. The molecule has 0 aromatic heterocycles. The minimum Gasteiger partial charge on any atom is -0.494 e. The van der Waals surface area contributed by atoms with Crippen LogP contribution in [0.2, 0.25) is 0 Å². The number of benzene rings is 1. The van der Waals surface area contributed by atoms with Crippen molar-refractivity contribution in [2.75, 3.05) is 25.1 Å². The summed E-state index contributed by atoms with van der Waals surface area (Å²) in [4.78, 5) is 42.5. The van der Waals surface area contributed by atoms with Gasteiger partial charge >= 0.3 is 0 Å². The zero-order valence-electron chi connectivity index (χ0n) is 21.7. The molecule has 3 N–H and O–H groups in total. The van der Waals surface area contributed by atoms with Gasteiger partial charge in [0, 0.05) is 12.2 Å². The Balaban J connectivity index is 1.63. The molecule has 0 radical (unpaired) electrons. The van der Waals surface area contributed by atoms with Crippen LogP contribution in [0.15, 0.2) is 24.3 Å². The number of hydrogen-bond donors (Lipinski definition) is 3. The number of fused-ring (bicyclic) bond motifs is 1. The quantitative estimate of drug-likeness (QED) is 0.401. The lowest BCUT2D eigenvalue weighted by atomic mass is 9.70. The maximum atomic E-state index is 14.0. The Kier molecular flexibility index (Phi) is 7.90. The van der Waals surface area contributed by atoms with Gasteiger partial charge in [-0.25, -0.2) is 0 Å². The van der Waals surface area contributed by atoms with E-state index in [4.69, 9.17) is 9.47 Å². The Hall–Kier alpha value is -2.65. The van der Waals surface area contributed by atoms with Crippen LogP contribution >= 0.6 is 0 Å². The number of aliphatic hydroxyl groups is 1. The molecule has 0 aliphatic carbocycles. The molecular formula is C27H39N3O6. The van der Waals surface area contributed by atoms with Crippen LogP contribution in [0.5, 0.6) is 5.75 Å². The van der Waals surface area contributed by atoms with Crippen LogP contribution in [0.1, 0.15) is 53.4 Å². The van der Waals surface area contributed by atoms with E-state index in [1.807, 2.05) is 27.7 Å². The van der Waals surface area contributed by atoms with E-state index < -0.39 is 35.6 Å². The molecule has 0 saturated carbocycles. The van der Waals surface area contributed by atoms with Crippen LogP contribution in [-0.4, -0.2) is 71.3 Å². The number of carbonyl (C=O) groups excluding carboxylic acids is 3. The van der Waals surface area contributed by atoms with Crippen molar-refractivity contribution in [3.63, 3.8) is 0 Å². The van der Waals surface area contributed by atoms with Crippen molar-refractivity contribution in [2.45, 2.75) is 77.2 Å². The Morgan fingerprint density at radius 2 is 1.94 bits per heavy atom. The topological polar surface area (TPSA) is 117 Å². The van der Waals surface area contributed by atoms with Gasteiger partial charge in [0.25, 0.3) is 0 Å². The number of unbranched alkanes of at least 4 members (excludes halogenated alkanes) is 1. The largest absolute Gasteiger partial charge is 0.494 e. The molecule has 3 amide bonds. The number of nitrogens with one attached hydrogen (secondary N) is 2. The first-order valence-corrected chi connectivity index (χ1v) is 13.2. The zero-order chi connectivity index (χ0) is 26.0. The van der Waals surface area contributed by atoms with Crippen LogP contribution in [-0.2, 0) is 19.1 Å². The average Bonchev–Trinajstić information content (AvgIpc) is 3.49. The molecule has 2 bridgehead atoms. The highest BCUT2D eigenvalue weighted by Gasteiger charge is 2.75. The van der Waals surface area contributed by atoms with Gasteiger partial charge in [-0.15, -0.1) is 0 Å². The van der Waals surface area contributed by atoms with Crippen LogP contribution in [0.3, 0.4) is 0 Å². The second-order valence-corrected chi connectivity index (χ2v) is 10.4. The van der Waals surface area contributed by atoms with Crippen LogP contribution in [0.25, 0.3) is 0 Å². The summed E-state index contributed by atoms with van der Waals surface area (Å²) >= 11 is 0. The number of ether oxygens (including phenoxy) is 2. The normalized spacial score (nSPS) is 29.4. The lowest BCUT2D eigenvalue weighted by Gasteiger charge is -2.38. The molecule has 3 aliphatic rings. The third kappa shape index (κ3) is 4.47. The predicted octanol–water partition coefficient (Wildman–Crippen LogP) is 2.33. The lowest BCUT2D eigenvalue weighted by Crippen LogP contribution is -2.59. The molecule has 1 aromatic carbocycles. The first kappa shape index (κ1) is 26.4. The van der Waals surface area contributed by atoms with E-state index >= 15 is 0 Å². The average molecular weight is 502 g/mol. The number of amides is 3. The van der Waals surface area contributed by atoms with Gasteiger partial charge in [-0.1, -0.05) is 27.2 Å². The van der Waals surface area contributed by atoms with Gasteiger partial charge in [-0.3, -0.25) is 14.4 Å². The van der Waals surface area contributed by atoms with Gasteiger partial charge in [0.2, 0.25) is 17.7 Å². The SMILES string of the molecule is CCCCNC(=O)C1N([C@@H](CO)C(C)C)C(=O)[C@@H]2[C@H](C(=O)Nc3ccc(OCC)cc3)[C@@H]3CCC12O3. The van der Waals surface area contributed by atoms with Gasteiger partial charge in [0.1, 0.15) is 17.4 Å². The molecule has 3 aliphatic heterocycles. The van der Waals surface area contributed by atoms with Gasteiger partial charge < -0.3 is 30.1 Å². The summed E-state index contributed by atoms with van der Waals surface area (Å²) < 4.78 is 11.9. The summed E-state index contributed by atoms with van der Waals surface area (Å²) in [5.74, 6) is -1.69. The van der Waals surface area contributed by atoms with Crippen molar-refractivity contribution < 1.29 is 29.0 Å². The summed E-state index contributed by atoms with van der Waals surface area (Å²) in [7, 11) is 0. The third-order valence-electron chi connectivity index (χ3n) is 7.87. The molecule has 9 nitrogen and oxygen atoms in total. The molecule has 9 heteroatoms. The summed E-state index contributed by atoms with van der Waals surface area (Å²) in [6, 6.07) is 5.67. The highest BCUT2D eigenvalue weighted by molar-refractivity contribution is 6.02. The molecule has 3 heterocycles. The van der Waals surface area contributed by atoms with Crippen molar-refractivity contribution in [1.82, 2.24) is 10.2 Å². The summed E-state index contributed by atoms with van der Waals surface area (Å²) in [5.41, 5.74) is -0.465. The molecular weight excluding hydrogens is 462 g/mol. The van der Waals surface area contributed by atoms with Crippen molar-refractivity contribution >= 4 is 23.4 Å². The number of nitrogens with zero attached hydrogens (tertiary/aromatic N) is 1. The molecule has 3 fully saturated rings. The monoisotopic (exact) mass is 501 g/mol. The number of hydrogen-bond acceptors (Lipinski definition) is 6. The molecule has 4 rings (SSSR count). The Labute approximate surface area is 212 Å². The van der Waals surface area contributed by atoms with Crippen molar-refractivity contribution in [3.05, 3.63) is 24.3 Å². The molecule has 6 atom stereocenters. The smallest absolute Gasteiger partial charge is 0.245 e. The Morgan fingerprint density at radius 3 is 2.56 bits per heavy atom. The molecule has 3 saturated heterocycles. The molecule has 1 spiro atoms. The fraction of sp³-hybridized carbons (Fsp3) is 0.667. The van der Waals surface area contributed by atoms with E-state index in [9.17, 15) is 19.5 Å². The second kappa shape index (κ2) is 10.8. The third-order valence-corrected chi connectivity index (χ3v) is 7.87. The lowest BCUT2D eigenvalue weighted by molar-refractivity contribution is -0.146. The van der Waals surface area contributed by atoms with Crippen LogP contribution < -0.4 is 15.4 Å². The number of likely N-dealkylation sites (tertiary alicyclic amines) is 1. The van der Waals surface area contributed by atoms with Crippen LogP contribution in [0.4, 0.5) is 5.69 Å². The second-order valence-electron chi connectivity index (χ2n) is 10.4. The van der Waals surface area contributed by atoms with Gasteiger partial charge in [-0.05, 0) is 56.4 Å². The van der Waals surface area contributed by atoms with E-state index in [1.54, 1.807) is 24.3 Å². The summed E-state index contributed by atoms with van der Waals surface area (Å²) in [6.07, 6.45) is 2.45. The van der Waals surface area contributed by atoms with E-state index in [-0.39, 0.29) is 30.2 Å². The predicted molar refractivity (Wildman–Crippen MR) is 134 cm³/mol. The Morgan fingerprint density at radius 1 is 1.22 bits per heavy atom. The highest BCUT2D eigenvalue weighted by atomic mass is 16.5. The maximum Gasteiger partial charge on any atom is 0.245 e. The zero-order valence-corrected chi connectivity index (χ0v) is 21.7. The maximum absolute atomic E-state index is 14.0. The molecule has 36 heavy (non-hydrogen) atoms. The number of carbonyl (C=O) groups is 3. The van der Waals surface area contributed by atoms with Gasteiger partial charge in [-0.2, -0.15) is 0 Å². The first-order chi connectivity index (χ1) is 17.3. The van der Waals surface area contributed by atoms with Crippen molar-refractivity contribution in [1.29, 1.82) is 0 Å². The van der Waals surface area contributed by atoms with E-state index in [0.29, 0.717) is 37.4 Å². The van der Waals surface area contributed by atoms with Crippen molar-refractivity contribution in [3.8, 4) is 5.75 Å². The van der Waals surface area contributed by atoms with Gasteiger partial charge in [0.05, 0.1) is 37.2 Å². The molecule has 2 unspecified atom stereocenters. The summed E-state index contributed by atoms with van der Waals surface area (Å²) in [5, 5.41) is 16.1. The first-order valence-electron chi connectivity index (χ1n) is 13.2. The standard InChI is InChI=1S/C27H39N3O6/c1-5-7-14-28-25(33)23-27-13-12-20(36-27)21(22(27)26(34)30(23)19(15-31)16(3)4)24(32)29-17-8-10-18(11-9-17)35-6-2/h8-11,16,19-23,31H,5-7,12-15H2,1-4H3,(H,28,33)(H,29,32)/t19-,20-,21+,22-,23?,27?/m0/s1. The molecule has 198 valence electrons. The van der Waals surface area contributed by atoms with E-state index in [1.165, 1.54) is 4.90 Å². The van der Waals surface area contributed by atoms with E-state index in [2.05, 4.69) is 10.6 Å². The number of anilines is 1. The molecule has 1 aromatic rings. The number of aliphatic hydroxyl groups excluding tert-OH is 1. The fourth-order valence-corrected chi connectivity index (χ4v) is 6.18.